The van der Waals surface area contributed by atoms with Crippen molar-refractivity contribution >= 4 is 92.3 Å². The lowest BCUT2D eigenvalue weighted by Gasteiger charge is -2.15. The highest BCUT2D eigenvalue weighted by Crippen LogP contribution is 2.26. The predicted octanol–water partition coefficient (Wildman–Crippen LogP) is 25.3. The summed E-state index contributed by atoms with van der Waals surface area (Å²) in [6.07, 6.45) is 3.76. The number of rotatable bonds is 0. The van der Waals surface area contributed by atoms with Crippen LogP contribution in [-0.4, -0.2) is 55.4 Å². The van der Waals surface area contributed by atoms with E-state index in [-0.39, 0.29) is 37.9 Å². The summed E-state index contributed by atoms with van der Waals surface area (Å²) in [7, 11) is 0. The zero-order valence-electron chi connectivity index (χ0n) is 63.6. The van der Waals surface area contributed by atoms with Gasteiger partial charge in [-0.15, -0.1) is 21.5 Å². The SMILES string of the molecule is CC.CC.CC.CC.CC.CC.CC.CC.CC(C)(C)c1ccsc1.CC(C)(C)c1ccsn1.CC(C)(C)c1cnsc1.CC(C)(C)c1cnsn1.CC(C)(C)c1cscn1.CC(C)(C)c1csnn1.CC(C)(C)c1ncsn1.CC(C)(C)c1nnsn1. The minimum Gasteiger partial charge on any atom is -0.249 e. The van der Waals surface area contributed by atoms with Crippen LogP contribution >= 0.6 is 92.3 Å². The standard InChI is InChI=1S/C8H12S.3C7H11NS.3C6H10N2S.C5H9N3S.8C2H6/c1-8(2,3)7-4-5-9-6-7;1-7(2,3)6-4-9-5-8-6;1-7(2,3)6-4-8-9-5-6;1-7(2,3)6-4-5-9-8-6;1-6(2,3)5-7-4-9-8-5;1-6(2,3)5-4-9-8-7-5;1-6(2,3)5-4-7-9-8-5;1-5(2,3)4-6-8-9-7-4;8*1-2/h4-6H,1-3H3;3*4-5H,1-3H3;3*4H,1-3H3;1-3H3;8*1-2H3. The molecule has 20 heteroatoms. The van der Waals surface area contributed by atoms with Gasteiger partial charge >= 0.3 is 0 Å². The van der Waals surface area contributed by atoms with Gasteiger partial charge in [-0.05, 0) is 91.0 Å². The van der Waals surface area contributed by atoms with Gasteiger partial charge in [-0.25, -0.2) is 14.3 Å². The summed E-state index contributed by atoms with van der Waals surface area (Å²) in [6, 6.07) is 4.26. The van der Waals surface area contributed by atoms with Gasteiger partial charge in [-0.2, -0.15) is 33.2 Å². The Morgan fingerprint density at radius 3 is 0.955 bits per heavy atom. The zero-order valence-corrected chi connectivity index (χ0v) is 70.1. The van der Waals surface area contributed by atoms with Crippen molar-refractivity contribution in [3.8, 4) is 0 Å². The van der Waals surface area contributed by atoms with Gasteiger partial charge in [0, 0.05) is 60.2 Å². The van der Waals surface area contributed by atoms with Crippen LogP contribution in [0.3, 0.4) is 0 Å². The molecule has 0 atom stereocenters. The maximum atomic E-state index is 4.23. The summed E-state index contributed by atoms with van der Waals surface area (Å²) in [5.74, 6) is 1.76. The third-order valence-electron chi connectivity index (χ3n) is 9.35. The lowest BCUT2D eigenvalue weighted by Crippen LogP contribution is -2.12. The summed E-state index contributed by atoms with van der Waals surface area (Å²) in [5.41, 5.74) is 12.5. The largest absolute Gasteiger partial charge is 0.249 e. The molecule has 0 aliphatic carbocycles. The fraction of sp³-hybridized carbons (Fsp3) is 0.706. The molecule has 0 radical (unpaired) electrons. The molecule has 0 bridgehead atoms. The molecule has 0 N–H and O–H groups in total. The van der Waals surface area contributed by atoms with E-state index in [9.17, 15) is 0 Å². The molecule has 0 unspecified atom stereocenters. The number of hydrogen-bond donors (Lipinski definition) is 0. The summed E-state index contributed by atoms with van der Waals surface area (Å²) in [6.45, 7) is 83.6. The van der Waals surface area contributed by atoms with E-state index in [2.05, 4.69) is 255 Å². The van der Waals surface area contributed by atoms with Gasteiger partial charge in [-0.1, -0.05) is 286 Å². The number of aromatic nitrogens is 12. The van der Waals surface area contributed by atoms with Gasteiger partial charge in [0.25, 0.3) is 0 Å². The number of thiazole rings is 1. The molecule has 8 heterocycles. The highest BCUT2D eigenvalue weighted by Gasteiger charge is 2.20. The van der Waals surface area contributed by atoms with Crippen molar-refractivity contribution in [1.82, 2.24) is 55.4 Å². The molecule has 0 saturated carbocycles. The second-order valence-corrected chi connectivity index (χ2v) is 29.8. The van der Waals surface area contributed by atoms with Crippen LogP contribution in [0, 0.1) is 0 Å². The van der Waals surface area contributed by atoms with E-state index in [1.54, 1.807) is 28.2 Å². The smallest absolute Gasteiger partial charge is 0.171 e. The van der Waals surface area contributed by atoms with Crippen LogP contribution in [0.2, 0.25) is 0 Å². The van der Waals surface area contributed by atoms with Crippen LogP contribution < -0.4 is 0 Å². The number of hydrogen-bond acceptors (Lipinski definition) is 20. The molecule has 0 aromatic carbocycles. The van der Waals surface area contributed by atoms with Crippen LogP contribution in [0.25, 0.3) is 0 Å². The van der Waals surface area contributed by atoms with Gasteiger partial charge < -0.3 is 0 Å². The molecular weight excluding hydrogens is 1240 g/mol. The van der Waals surface area contributed by atoms with E-state index >= 15 is 0 Å². The zero-order chi connectivity index (χ0) is 71.2. The number of thiophene rings is 1. The average molecular weight is 1370 g/mol. The van der Waals surface area contributed by atoms with E-state index in [1.807, 2.05) is 139 Å². The maximum absolute atomic E-state index is 4.23. The second-order valence-electron chi connectivity index (χ2n) is 24.7. The Hall–Kier alpha value is -3.24. The monoisotopic (exact) mass is 1370 g/mol. The minimum atomic E-state index is 0.0486. The van der Waals surface area contributed by atoms with Crippen molar-refractivity contribution in [2.24, 2.45) is 0 Å². The molecule has 8 rings (SSSR count). The first kappa shape index (κ1) is 101. The normalized spacial score (nSPS) is 10.3. The third kappa shape index (κ3) is 54.5. The summed E-state index contributed by atoms with van der Waals surface area (Å²) in [5, 5.41) is 20.3. The third-order valence-corrected chi connectivity index (χ3v) is 13.6. The lowest BCUT2D eigenvalue weighted by atomic mass is 9.90. The Morgan fingerprint density at radius 2 is 0.773 bits per heavy atom. The van der Waals surface area contributed by atoms with Crippen LogP contribution in [-0.2, 0) is 43.3 Å². The van der Waals surface area contributed by atoms with E-state index in [0.29, 0.717) is 5.41 Å². The van der Waals surface area contributed by atoms with Gasteiger partial charge in [0.05, 0.1) is 57.9 Å². The minimum absolute atomic E-state index is 0.0486. The summed E-state index contributed by atoms with van der Waals surface area (Å²) >= 11 is 11.7. The van der Waals surface area contributed by atoms with Crippen LogP contribution in [0.1, 0.15) is 323 Å². The Morgan fingerprint density at radius 1 is 0.284 bits per heavy atom. The number of nitrogens with zero attached hydrogens (tertiary/aromatic N) is 12. The molecule has 0 spiro atoms. The van der Waals surface area contributed by atoms with Gasteiger partial charge in [0.15, 0.2) is 5.82 Å². The van der Waals surface area contributed by atoms with Crippen molar-refractivity contribution < 1.29 is 0 Å². The fourth-order valence-electron chi connectivity index (χ4n) is 4.36. The van der Waals surface area contributed by atoms with E-state index in [4.69, 9.17) is 0 Å². The van der Waals surface area contributed by atoms with Crippen LogP contribution in [0.5, 0.6) is 0 Å². The maximum Gasteiger partial charge on any atom is 0.171 e. The first-order chi connectivity index (χ1) is 40.8. The molecule has 0 aliphatic rings. The van der Waals surface area contributed by atoms with E-state index in [0.717, 1.165) is 34.8 Å². The Balaban J connectivity index is -0.000000134. The molecule has 0 fully saturated rings. The molecule has 8 aromatic heterocycles. The van der Waals surface area contributed by atoms with Crippen molar-refractivity contribution in [1.29, 1.82) is 0 Å². The van der Waals surface area contributed by atoms with Crippen molar-refractivity contribution in [2.45, 2.75) is 320 Å². The molecule has 0 saturated heterocycles. The molecule has 88 heavy (non-hydrogen) atoms. The molecule has 12 nitrogen and oxygen atoms in total. The molecule has 0 amide bonds. The Bertz CT molecular complexity index is 1920. The highest BCUT2D eigenvalue weighted by molar-refractivity contribution is 7.08. The van der Waals surface area contributed by atoms with E-state index in [1.165, 1.54) is 80.4 Å². The van der Waals surface area contributed by atoms with Crippen LogP contribution in [0.15, 0.2) is 67.8 Å². The highest BCUT2D eigenvalue weighted by atomic mass is 32.1. The molecule has 512 valence electrons. The van der Waals surface area contributed by atoms with Crippen LogP contribution in [0.4, 0.5) is 0 Å². The predicted molar refractivity (Wildman–Crippen MR) is 408 cm³/mol. The van der Waals surface area contributed by atoms with Crippen molar-refractivity contribution in [3.05, 3.63) is 113 Å². The average Bonchev–Trinajstić information content (AvgIpc) is 4.32. The van der Waals surface area contributed by atoms with Gasteiger partial charge in [-0.3, -0.25) is 0 Å². The van der Waals surface area contributed by atoms with Gasteiger partial charge in [0.1, 0.15) is 11.3 Å². The van der Waals surface area contributed by atoms with E-state index < -0.39 is 0 Å². The Labute approximate surface area is 576 Å². The topological polar surface area (TPSA) is 155 Å². The molecule has 0 aliphatic heterocycles. The Kier molecular flexibility index (Phi) is 64.8. The summed E-state index contributed by atoms with van der Waals surface area (Å²) < 4.78 is 31.9. The lowest BCUT2D eigenvalue weighted by molar-refractivity contribution is 0.549. The quantitative estimate of drug-likeness (QED) is 0.142. The first-order valence-corrected chi connectivity index (χ1v) is 38.2. The fourth-order valence-corrected chi connectivity index (χ4v) is 9.92. The summed E-state index contributed by atoms with van der Waals surface area (Å²) in [4.78, 5) is 8.30. The second kappa shape index (κ2) is 56.5. The van der Waals surface area contributed by atoms with Crippen molar-refractivity contribution in [3.63, 3.8) is 0 Å². The molecular formula is C68H132N12S8. The van der Waals surface area contributed by atoms with Gasteiger partial charge in [0.2, 0.25) is 0 Å². The van der Waals surface area contributed by atoms with Crippen molar-refractivity contribution in [2.75, 3.05) is 0 Å². The molecule has 8 aromatic rings. The first-order valence-electron chi connectivity index (χ1n) is 31.5.